The van der Waals surface area contributed by atoms with Gasteiger partial charge in [0.15, 0.2) is 0 Å². The van der Waals surface area contributed by atoms with Crippen LogP contribution in [0.1, 0.15) is 19.3 Å². The molecule has 136 valence electrons. The predicted octanol–water partition coefficient (Wildman–Crippen LogP) is 3.33. The molecule has 2 N–H and O–H groups in total. The molecule has 5 heteroatoms. The van der Waals surface area contributed by atoms with Crippen LogP contribution in [0, 0.1) is 11.8 Å². The van der Waals surface area contributed by atoms with Crippen molar-refractivity contribution in [2.45, 2.75) is 25.3 Å². The van der Waals surface area contributed by atoms with Gasteiger partial charge in [0.25, 0.3) is 0 Å². The highest BCUT2D eigenvalue weighted by Gasteiger charge is 2.41. The Balaban J connectivity index is 1.44. The van der Waals surface area contributed by atoms with Gasteiger partial charge in [0.2, 0.25) is 5.91 Å². The van der Waals surface area contributed by atoms with Gasteiger partial charge in [-0.15, -0.1) is 0 Å². The predicted molar refractivity (Wildman–Crippen MR) is 102 cm³/mol. The van der Waals surface area contributed by atoms with Gasteiger partial charge in [0.1, 0.15) is 11.5 Å². The zero-order valence-corrected chi connectivity index (χ0v) is 15.0. The highest BCUT2D eigenvalue weighted by atomic mass is 16.5. The average Bonchev–Trinajstić information content (AvgIpc) is 3.17. The Morgan fingerprint density at radius 2 is 1.77 bits per heavy atom. The second kappa shape index (κ2) is 7.48. The zero-order chi connectivity index (χ0) is 17.9. The number of anilines is 1. The summed E-state index contributed by atoms with van der Waals surface area (Å²) in [5, 5.41) is 0. The molecular weight excluding hydrogens is 326 g/mol. The van der Waals surface area contributed by atoms with Crippen LogP contribution in [0.15, 0.2) is 54.6 Å². The summed E-state index contributed by atoms with van der Waals surface area (Å²) in [5.74, 6) is 2.35. The van der Waals surface area contributed by atoms with E-state index in [4.69, 9.17) is 4.74 Å². The van der Waals surface area contributed by atoms with Gasteiger partial charge in [-0.05, 0) is 55.2 Å². The molecule has 2 aliphatic rings. The Hall–Kier alpha value is -2.37. The van der Waals surface area contributed by atoms with Gasteiger partial charge in [-0.1, -0.05) is 24.6 Å². The number of nitrogens with one attached hydrogen (secondary N) is 2. The summed E-state index contributed by atoms with van der Waals surface area (Å²) >= 11 is 0. The fourth-order valence-corrected chi connectivity index (χ4v) is 4.06. The van der Waals surface area contributed by atoms with Crippen molar-refractivity contribution in [1.82, 2.24) is 10.9 Å². The van der Waals surface area contributed by atoms with E-state index < -0.39 is 0 Å². The first-order chi connectivity index (χ1) is 12.7. The number of fused-ring (bicyclic) bond motifs is 1. The van der Waals surface area contributed by atoms with Crippen LogP contribution in [0.2, 0.25) is 0 Å². The maximum Gasteiger partial charge on any atom is 0.231 e. The number of nitrogens with zero attached hydrogens (tertiary/aromatic N) is 1. The van der Waals surface area contributed by atoms with Gasteiger partial charge in [-0.2, -0.15) is 0 Å². The first-order valence-electron chi connectivity index (χ1n) is 9.31. The minimum atomic E-state index is 0.0361. The number of para-hydroxylation sites is 1. The largest absolute Gasteiger partial charge is 0.457 e. The van der Waals surface area contributed by atoms with Gasteiger partial charge < -0.3 is 9.64 Å². The molecule has 1 saturated carbocycles. The smallest absolute Gasteiger partial charge is 0.231 e. The van der Waals surface area contributed by atoms with E-state index in [1.54, 1.807) is 4.90 Å². The summed E-state index contributed by atoms with van der Waals surface area (Å²) in [5.41, 5.74) is 7.43. The minimum Gasteiger partial charge on any atom is -0.457 e. The van der Waals surface area contributed by atoms with E-state index in [0.717, 1.165) is 36.6 Å². The molecule has 2 aromatic carbocycles. The topological polar surface area (TPSA) is 53.6 Å². The highest BCUT2D eigenvalue weighted by Crippen LogP contribution is 2.33. The van der Waals surface area contributed by atoms with Crippen molar-refractivity contribution in [3.05, 3.63) is 54.6 Å². The Bertz CT molecular complexity index is 748. The van der Waals surface area contributed by atoms with Crippen molar-refractivity contribution in [3.8, 4) is 11.5 Å². The fourth-order valence-electron chi connectivity index (χ4n) is 4.06. The SMILES string of the molecule is CN(C(=O)C1CCCC2CNNC21)c1ccc(Oc2ccccc2)cc1. The molecule has 1 aliphatic heterocycles. The van der Waals surface area contributed by atoms with Gasteiger partial charge in [0.05, 0.1) is 5.92 Å². The number of hydrogen-bond donors (Lipinski definition) is 2. The van der Waals surface area contributed by atoms with E-state index in [2.05, 4.69) is 10.9 Å². The first-order valence-corrected chi connectivity index (χ1v) is 9.31. The molecule has 1 heterocycles. The van der Waals surface area contributed by atoms with E-state index in [0.29, 0.717) is 5.92 Å². The van der Waals surface area contributed by atoms with Crippen LogP contribution in [0.4, 0.5) is 5.69 Å². The molecule has 1 saturated heterocycles. The number of ether oxygens (including phenoxy) is 1. The summed E-state index contributed by atoms with van der Waals surface area (Å²) in [6.45, 7) is 0.962. The summed E-state index contributed by atoms with van der Waals surface area (Å²) in [6.07, 6.45) is 3.27. The quantitative estimate of drug-likeness (QED) is 0.887. The number of benzene rings is 2. The summed E-state index contributed by atoms with van der Waals surface area (Å²) in [6, 6.07) is 17.6. The van der Waals surface area contributed by atoms with E-state index in [1.807, 2.05) is 61.6 Å². The first kappa shape index (κ1) is 17.1. The number of rotatable bonds is 4. The van der Waals surface area contributed by atoms with Crippen LogP contribution in [-0.4, -0.2) is 25.5 Å². The van der Waals surface area contributed by atoms with E-state index >= 15 is 0 Å². The third-order valence-electron chi connectivity index (χ3n) is 5.52. The van der Waals surface area contributed by atoms with Crippen LogP contribution in [0.25, 0.3) is 0 Å². The molecule has 3 unspecified atom stereocenters. The Morgan fingerprint density at radius 3 is 2.54 bits per heavy atom. The molecule has 0 aromatic heterocycles. The Labute approximate surface area is 154 Å². The lowest BCUT2D eigenvalue weighted by molar-refractivity contribution is -0.124. The maximum atomic E-state index is 13.0. The molecule has 5 nitrogen and oxygen atoms in total. The number of hydrogen-bond acceptors (Lipinski definition) is 4. The number of hydrazine groups is 1. The van der Waals surface area contributed by atoms with E-state index in [9.17, 15) is 4.79 Å². The van der Waals surface area contributed by atoms with Crippen LogP contribution in [0.3, 0.4) is 0 Å². The van der Waals surface area contributed by atoms with Gasteiger partial charge >= 0.3 is 0 Å². The molecule has 0 spiro atoms. The van der Waals surface area contributed by atoms with Crippen LogP contribution in [0.5, 0.6) is 11.5 Å². The zero-order valence-electron chi connectivity index (χ0n) is 15.0. The molecule has 26 heavy (non-hydrogen) atoms. The average molecular weight is 351 g/mol. The monoisotopic (exact) mass is 351 g/mol. The lowest BCUT2D eigenvalue weighted by Crippen LogP contribution is -2.48. The normalized spacial score (nSPS) is 24.7. The minimum absolute atomic E-state index is 0.0361. The van der Waals surface area contributed by atoms with Crippen LogP contribution in [-0.2, 0) is 4.79 Å². The number of amides is 1. The lowest BCUT2D eigenvalue weighted by Gasteiger charge is -2.34. The van der Waals surface area contributed by atoms with Crippen molar-refractivity contribution in [2.24, 2.45) is 11.8 Å². The van der Waals surface area contributed by atoms with Crippen LogP contribution < -0.4 is 20.5 Å². The fraction of sp³-hybridized carbons (Fsp3) is 0.381. The second-order valence-electron chi connectivity index (χ2n) is 7.15. The van der Waals surface area contributed by atoms with E-state index in [-0.39, 0.29) is 17.9 Å². The number of carbonyl (C=O) groups is 1. The molecule has 3 atom stereocenters. The molecule has 0 radical (unpaired) electrons. The molecule has 1 aliphatic carbocycles. The van der Waals surface area contributed by atoms with Gasteiger partial charge in [-0.25, -0.2) is 0 Å². The van der Waals surface area contributed by atoms with E-state index in [1.165, 1.54) is 6.42 Å². The maximum absolute atomic E-state index is 13.0. The van der Waals surface area contributed by atoms with Crippen molar-refractivity contribution in [3.63, 3.8) is 0 Å². The van der Waals surface area contributed by atoms with Crippen molar-refractivity contribution in [2.75, 3.05) is 18.5 Å². The summed E-state index contributed by atoms with van der Waals surface area (Å²) < 4.78 is 5.82. The third-order valence-corrected chi connectivity index (χ3v) is 5.52. The van der Waals surface area contributed by atoms with Crippen LogP contribution >= 0.6 is 0 Å². The molecule has 2 fully saturated rings. The van der Waals surface area contributed by atoms with Crippen molar-refractivity contribution < 1.29 is 9.53 Å². The summed E-state index contributed by atoms with van der Waals surface area (Å²) in [4.78, 5) is 14.8. The van der Waals surface area contributed by atoms with Gasteiger partial charge in [0, 0.05) is 25.3 Å². The van der Waals surface area contributed by atoms with Crippen molar-refractivity contribution in [1.29, 1.82) is 0 Å². The third kappa shape index (κ3) is 3.45. The Morgan fingerprint density at radius 1 is 1.04 bits per heavy atom. The second-order valence-corrected chi connectivity index (χ2v) is 7.15. The molecule has 4 rings (SSSR count). The summed E-state index contributed by atoms with van der Waals surface area (Å²) in [7, 11) is 1.86. The molecule has 0 bridgehead atoms. The van der Waals surface area contributed by atoms with Gasteiger partial charge in [-0.3, -0.25) is 15.6 Å². The standard InChI is InChI=1S/C21H25N3O2/c1-24(21(25)19-9-5-6-15-14-22-23-20(15)19)16-10-12-18(13-11-16)26-17-7-3-2-4-8-17/h2-4,7-8,10-13,15,19-20,22-23H,5-6,9,14H2,1H3. The highest BCUT2D eigenvalue weighted by molar-refractivity contribution is 5.95. The molecule has 1 amide bonds. The Kier molecular flexibility index (Phi) is 4.91. The lowest BCUT2D eigenvalue weighted by atomic mass is 9.77. The molecule has 2 aromatic rings. The molecular formula is C21H25N3O2. The number of carbonyl (C=O) groups excluding carboxylic acids is 1. The van der Waals surface area contributed by atoms with Crippen molar-refractivity contribution >= 4 is 11.6 Å².